The Labute approximate surface area is 97.6 Å². The van der Waals surface area contributed by atoms with Gasteiger partial charge in [0, 0.05) is 22.8 Å². The minimum Gasteiger partial charge on any atom is -0.330 e. The Morgan fingerprint density at radius 3 is 2.73 bits per heavy atom. The van der Waals surface area contributed by atoms with Gasteiger partial charge in [0.15, 0.2) is 8.03 Å². The third-order valence-electron chi connectivity index (χ3n) is 2.56. The van der Waals surface area contributed by atoms with Gasteiger partial charge in [-0.25, -0.2) is 0 Å². The smallest absolute Gasteiger partial charge is 0.193 e. The van der Waals surface area contributed by atoms with Crippen LogP contribution in [0.5, 0.6) is 0 Å². The van der Waals surface area contributed by atoms with E-state index in [0.29, 0.717) is 24.7 Å². The van der Waals surface area contributed by atoms with Crippen molar-refractivity contribution in [2.24, 2.45) is 5.92 Å². The van der Waals surface area contributed by atoms with Crippen molar-refractivity contribution in [1.82, 2.24) is 5.32 Å². The van der Waals surface area contributed by atoms with Gasteiger partial charge in [0.25, 0.3) is 0 Å². The van der Waals surface area contributed by atoms with Gasteiger partial charge in [0.2, 0.25) is 0 Å². The number of hydrogen-bond donors (Lipinski definition) is 1. The SMILES string of the molecule is CC(C)CO[PH](=O)CC1NCSC1(C)C. The Bertz CT molecular complexity index is 233. The van der Waals surface area contributed by atoms with Crippen molar-refractivity contribution in [2.45, 2.75) is 38.5 Å². The molecule has 1 heterocycles. The Morgan fingerprint density at radius 2 is 2.27 bits per heavy atom. The summed E-state index contributed by atoms with van der Waals surface area (Å²) < 4.78 is 17.2. The van der Waals surface area contributed by atoms with E-state index in [1.165, 1.54) is 0 Å². The first-order chi connectivity index (χ1) is 6.92. The normalized spacial score (nSPS) is 27.1. The molecule has 15 heavy (non-hydrogen) atoms. The van der Waals surface area contributed by atoms with Gasteiger partial charge in [-0.2, -0.15) is 0 Å². The maximum atomic E-state index is 11.7. The van der Waals surface area contributed by atoms with Gasteiger partial charge in [-0.1, -0.05) is 13.8 Å². The molecule has 0 aliphatic carbocycles. The molecule has 2 atom stereocenters. The Hall–Kier alpha value is 0.500. The first kappa shape index (κ1) is 13.6. The van der Waals surface area contributed by atoms with E-state index in [4.69, 9.17) is 4.52 Å². The van der Waals surface area contributed by atoms with Crippen LogP contribution in [0.25, 0.3) is 0 Å². The summed E-state index contributed by atoms with van der Waals surface area (Å²) in [6.45, 7) is 9.14. The van der Waals surface area contributed by atoms with Crippen LogP contribution in [0.15, 0.2) is 0 Å². The third kappa shape index (κ3) is 4.48. The second-order valence-electron chi connectivity index (χ2n) is 4.93. The lowest BCUT2D eigenvalue weighted by Gasteiger charge is -2.25. The first-order valence-corrected chi connectivity index (χ1v) is 7.95. The average molecular weight is 251 g/mol. The second kappa shape index (κ2) is 5.72. The molecule has 1 fully saturated rings. The fraction of sp³-hybridized carbons (Fsp3) is 1.00. The van der Waals surface area contributed by atoms with E-state index < -0.39 is 8.03 Å². The highest BCUT2D eigenvalue weighted by Crippen LogP contribution is 2.37. The highest BCUT2D eigenvalue weighted by atomic mass is 32.2. The summed E-state index contributed by atoms with van der Waals surface area (Å²) in [7, 11) is -1.86. The summed E-state index contributed by atoms with van der Waals surface area (Å²) in [4.78, 5) is 0. The van der Waals surface area contributed by atoms with Gasteiger partial charge >= 0.3 is 0 Å². The highest BCUT2D eigenvalue weighted by molar-refractivity contribution is 8.00. The largest absolute Gasteiger partial charge is 0.330 e. The molecule has 0 spiro atoms. The molecule has 0 bridgehead atoms. The molecular formula is C10H22NO2PS. The quantitative estimate of drug-likeness (QED) is 0.762. The summed E-state index contributed by atoms with van der Waals surface area (Å²) in [6, 6.07) is 0.320. The highest BCUT2D eigenvalue weighted by Gasteiger charge is 2.35. The van der Waals surface area contributed by atoms with Crippen molar-refractivity contribution in [2.75, 3.05) is 18.6 Å². The fourth-order valence-electron chi connectivity index (χ4n) is 1.48. The minimum absolute atomic E-state index is 0.182. The second-order valence-corrected chi connectivity index (χ2v) is 8.00. The molecule has 0 radical (unpaired) electrons. The molecule has 2 unspecified atom stereocenters. The number of thioether (sulfide) groups is 1. The van der Waals surface area contributed by atoms with Crippen molar-refractivity contribution in [1.29, 1.82) is 0 Å². The van der Waals surface area contributed by atoms with Crippen LogP contribution in [0.1, 0.15) is 27.7 Å². The third-order valence-corrected chi connectivity index (χ3v) is 5.13. The summed E-state index contributed by atoms with van der Waals surface area (Å²) >= 11 is 1.88. The molecule has 1 aliphatic heterocycles. The van der Waals surface area contributed by atoms with E-state index in [2.05, 4.69) is 33.0 Å². The average Bonchev–Trinajstić information content (AvgIpc) is 2.43. The topological polar surface area (TPSA) is 38.3 Å². The van der Waals surface area contributed by atoms with E-state index in [-0.39, 0.29) is 4.75 Å². The van der Waals surface area contributed by atoms with E-state index in [9.17, 15) is 4.57 Å². The number of hydrogen-bond acceptors (Lipinski definition) is 4. The van der Waals surface area contributed by atoms with Crippen LogP contribution in [0.4, 0.5) is 0 Å². The van der Waals surface area contributed by atoms with Crippen LogP contribution < -0.4 is 5.32 Å². The predicted octanol–water partition coefficient (Wildman–Crippen LogP) is 2.57. The van der Waals surface area contributed by atoms with Gasteiger partial charge < -0.3 is 9.84 Å². The van der Waals surface area contributed by atoms with Crippen LogP contribution >= 0.6 is 19.8 Å². The van der Waals surface area contributed by atoms with Crippen LogP contribution in [-0.4, -0.2) is 29.4 Å². The maximum Gasteiger partial charge on any atom is 0.193 e. The van der Waals surface area contributed by atoms with Gasteiger partial charge in [-0.3, -0.25) is 4.57 Å². The first-order valence-electron chi connectivity index (χ1n) is 5.45. The standard InChI is InChI=1S/C10H22NO2PS/c1-8(2)5-13-14(12)6-9-10(3,4)15-7-11-9/h8-9,11,14H,5-7H2,1-4H3. The zero-order chi connectivity index (χ0) is 11.5. The van der Waals surface area contributed by atoms with Crippen LogP contribution in [0.3, 0.4) is 0 Å². The molecule has 0 aromatic heterocycles. The van der Waals surface area contributed by atoms with Gasteiger partial charge in [0.05, 0.1) is 6.61 Å². The van der Waals surface area contributed by atoms with Gasteiger partial charge in [-0.05, 0) is 19.8 Å². The lowest BCUT2D eigenvalue weighted by Crippen LogP contribution is -2.38. The Balaban J connectivity index is 2.32. The molecule has 0 aromatic carbocycles. The molecule has 1 rings (SSSR count). The molecule has 5 heteroatoms. The van der Waals surface area contributed by atoms with Crippen LogP contribution in [-0.2, 0) is 9.09 Å². The van der Waals surface area contributed by atoms with E-state index >= 15 is 0 Å². The molecule has 0 amide bonds. The van der Waals surface area contributed by atoms with Crippen molar-refractivity contribution in [3.63, 3.8) is 0 Å². The van der Waals surface area contributed by atoms with Crippen molar-refractivity contribution >= 4 is 19.8 Å². The molecule has 0 saturated carbocycles. The monoisotopic (exact) mass is 251 g/mol. The van der Waals surface area contributed by atoms with Crippen LogP contribution in [0, 0.1) is 5.92 Å². The summed E-state index contributed by atoms with van der Waals surface area (Å²) in [5.41, 5.74) is 0. The fourth-order valence-corrected chi connectivity index (χ4v) is 4.28. The lowest BCUT2D eigenvalue weighted by molar-refractivity contribution is 0.280. The van der Waals surface area contributed by atoms with E-state index in [1.54, 1.807) is 0 Å². The molecule has 1 saturated heterocycles. The number of nitrogens with one attached hydrogen (secondary N) is 1. The minimum atomic E-state index is -1.86. The predicted molar refractivity (Wildman–Crippen MR) is 68.1 cm³/mol. The molecule has 90 valence electrons. The zero-order valence-electron chi connectivity index (χ0n) is 10.0. The lowest BCUT2D eigenvalue weighted by atomic mass is 10.1. The summed E-state index contributed by atoms with van der Waals surface area (Å²) in [5, 5.41) is 3.37. The Morgan fingerprint density at radius 1 is 1.60 bits per heavy atom. The zero-order valence-corrected chi connectivity index (χ0v) is 11.8. The summed E-state index contributed by atoms with van der Waals surface area (Å²) in [6.07, 6.45) is 0.664. The molecule has 3 nitrogen and oxygen atoms in total. The maximum absolute atomic E-state index is 11.7. The molecule has 0 aromatic rings. The Kier molecular flexibility index (Phi) is 5.17. The van der Waals surface area contributed by atoms with Crippen molar-refractivity contribution < 1.29 is 9.09 Å². The molecule has 1 aliphatic rings. The number of rotatable bonds is 5. The van der Waals surface area contributed by atoms with Crippen molar-refractivity contribution in [3.05, 3.63) is 0 Å². The van der Waals surface area contributed by atoms with Crippen LogP contribution in [0.2, 0.25) is 0 Å². The van der Waals surface area contributed by atoms with Gasteiger partial charge in [0.1, 0.15) is 0 Å². The molecule has 1 N–H and O–H groups in total. The van der Waals surface area contributed by atoms with Gasteiger partial charge in [-0.15, -0.1) is 11.8 Å². The van der Waals surface area contributed by atoms with Crippen molar-refractivity contribution in [3.8, 4) is 0 Å². The molecular weight excluding hydrogens is 229 g/mol. The summed E-state index contributed by atoms with van der Waals surface area (Å²) in [5.74, 6) is 1.41. The van der Waals surface area contributed by atoms with E-state index in [0.717, 1.165) is 5.88 Å². The van der Waals surface area contributed by atoms with E-state index in [1.807, 2.05) is 11.8 Å².